The Labute approximate surface area is 162 Å². The summed E-state index contributed by atoms with van der Waals surface area (Å²) >= 11 is 0. The fourth-order valence-electron chi connectivity index (χ4n) is 4.15. The van der Waals surface area contributed by atoms with Crippen molar-refractivity contribution in [3.05, 3.63) is 17.0 Å². The molecule has 0 saturated carbocycles. The minimum Gasteiger partial charge on any atom is -0.339 e. The number of piperidine rings is 2. The van der Waals surface area contributed by atoms with Crippen LogP contribution in [0.2, 0.25) is 0 Å². The molecule has 2 saturated heterocycles. The Kier molecular flexibility index (Phi) is 8.68. The van der Waals surface area contributed by atoms with Crippen LogP contribution in [-0.2, 0) is 11.3 Å². The van der Waals surface area contributed by atoms with Gasteiger partial charge in [0.2, 0.25) is 5.91 Å². The lowest BCUT2D eigenvalue weighted by Crippen LogP contribution is -2.56. The number of hydrogen-bond acceptors (Lipinski definition) is 4. The van der Waals surface area contributed by atoms with Crippen LogP contribution in [0.3, 0.4) is 0 Å². The molecule has 8 heteroatoms. The van der Waals surface area contributed by atoms with E-state index in [2.05, 4.69) is 33.8 Å². The highest BCUT2D eigenvalue weighted by Gasteiger charge is 2.38. The zero-order valence-electron chi connectivity index (χ0n) is 15.2. The molecule has 3 heterocycles. The van der Waals surface area contributed by atoms with Gasteiger partial charge in [-0.2, -0.15) is 5.10 Å². The molecule has 3 rings (SSSR count). The normalized spacial score (nSPS) is 23.6. The second-order valence-electron chi connectivity index (χ2n) is 7.03. The Balaban J connectivity index is 0.00000156. The molecule has 6 nitrogen and oxygen atoms in total. The van der Waals surface area contributed by atoms with E-state index >= 15 is 0 Å². The van der Waals surface area contributed by atoms with Crippen LogP contribution in [0.15, 0.2) is 0 Å². The lowest BCUT2D eigenvalue weighted by molar-refractivity contribution is -0.141. The molecule has 1 aromatic rings. The van der Waals surface area contributed by atoms with Crippen LogP contribution in [0.25, 0.3) is 0 Å². The maximum Gasteiger partial charge on any atom is 0.222 e. The number of amides is 1. The number of carbonyl (C=O) groups excluding carboxylic acids is 1. The van der Waals surface area contributed by atoms with Gasteiger partial charge in [0.05, 0.1) is 5.69 Å². The van der Waals surface area contributed by atoms with Gasteiger partial charge in [0, 0.05) is 49.9 Å². The van der Waals surface area contributed by atoms with Crippen LogP contribution < -0.4 is 5.73 Å². The van der Waals surface area contributed by atoms with E-state index in [1.165, 1.54) is 11.3 Å². The summed E-state index contributed by atoms with van der Waals surface area (Å²) in [7, 11) is 0. The van der Waals surface area contributed by atoms with E-state index in [0.29, 0.717) is 30.8 Å². The number of aryl methyl sites for hydroxylation is 2. The van der Waals surface area contributed by atoms with Gasteiger partial charge in [0.1, 0.15) is 0 Å². The largest absolute Gasteiger partial charge is 0.339 e. The number of aromatic nitrogens is 2. The predicted molar refractivity (Wildman–Crippen MR) is 104 cm³/mol. The molecule has 0 spiro atoms. The molecule has 2 aliphatic heterocycles. The standard InChI is InChI=1S/C17H29N5O.2ClH/c1-12-15(13(2)20-19-12)11-21-9-6-16-14(10-21)4-5-17(23)22(16)8-3-7-18;;/h14,16H,3-11,18H2,1-2H3,(H,19,20);2*1H/t14-,16+;;/m0../s1. The molecule has 3 N–H and O–H groups in total. The van der Waals surface area contributed by atoms with Crippen molar-refractivity contribution >= 4 is 30.7 Å². The number of halogens is 2. The minimum absolute atomic E-state index is 0. The SMILES string of the molecule is Cc1n[nH]c(C)c1CN1CC[C@@H]2[C@@H](CCC(=O)N2CCCN)C1.Cl.Cl. The molecule has 1 aromatic heterocycles. The lowest BCUT2D eigenvalue weighted by Gasteiger charge is -2.47. The summed E-state index contributed by atoms with van der Waals surface area (Å²) in [5.41, 5.74) is 9.24. The molecule has 144 valence electrons. The first-order valence-electron chi connectivity index (χ1n) is 8.82. The van der Waals surface area contributed by atoms with Crippen LogP contribution in [-0.4, -0.2) is 58.1 Å². The van der Waals surface area contributed by atoms with Gasteiger partial charge in [0.25, 0.3) is 0 Å². The molecule has 0 aliphatic carbocycles. The Bertz CT molecular complexity index is 546. The number of carbonyl (C=O) groups is 1. The van der Waals surface area contributed by atoms with Crippen molar-refractivity contribution in [2.45, 2.75) is 52.1 Å². The zero-order chi connectivity index (χ0) is 16.4. The first-order chi connectivity index (χ1) is 11.1. The molecule has 2 fully saturated rings. The van der Waals surface area contributed by atoms with Crippen molar-refractivity contribution < 1.29 is 4.79 Å². The number of nitrogens with zero attached hydrogens (tertiary/aromatic N) is 3. The summed E-state index contributed by atoms with van der Waals surface area (Å²) in [6.07, 6.45) is 3.72. The third-order valence-electron chi connectivity index (χ3n) is 5.49. The molecular formula is C17H31Cl2N5O. The summed E-state index contributed by atoms with van der Waals surface area (Å²) < 4.78 is 0. The number of likely N-dealkylation sites (tertiary alicyclic amines) is 2. The van der Waals surface area contributed by atoms with Gasteiger partial charge in [-0.1, -0.05) is 0 Å². The summed E-state index contributed by atoms with van der Waals surface area (Å²) in [6, 6.07) is 0.422. The van der Waals surface area contributed by atoms with Crippen LogP contribution >= 0.6 is 24.8 Å². The predicted octanol–water partition coefficient (Wildman–Crippen LogP) is 2.03. The molecule has 0 aromatic carbocycles. The number of nitrogens with two attached hydrogens (primary N) is 1. The van der Waals surface area contributed by atoms with E-state index in [4.69, 9.17) is 5.73 Å². The molecule has 1 amide bonds. The molecule has 2 aliphatic rings. The van der Waals surface area contributed by atoms with E-state index in [1.807, 2.05) is 0 Å². The third kappa shape index (κ3) is 4.88. The van der Waals surface area contributed by atoms with E-state index in [0.717, 1.165) is 51.1 Å². The van der Waals surface area contributed by atoms with Gasteiger partial charge in [-0.25, -0.2) is 0 Å². The maximum absolute atomic E-state index is 12.2. The topological polar surface area (TPSA) is 78.2 Å². The van der Waals surface area contributed by atoms with Crippen molar-refractivity contribution in [1.82, 2.24) is 20.0 Å². The lowest BCUT2D eigenvalue weighted by atomic mass is 9.83. The zero-order valence-corrected chi connectivity index (χ0v) is 16.8. The van der Waals surface area contributed by atoms with Crippen molar-refractivity contribution in [1.29, 1.82) is 0 Å². The fourth-order valence-corrected chi connectivity index (χ4v) is 4.15. The van der Waals surface area contributed by atoms with Gasteiger partial charge in [-0.15, -0.1) is 24.8 Å². The van der Waals surface area contributed by atoms with Crippen LogP contribution in [0.5, 0.6) is 0 Å². The molecule has 0 bridgehead atoms. The maximum atomic E-state index is 12.2. The van der Waals surface area contributed by atoms with E-state index < -0.39 is 0 Å². The highest BCUT2D eigenvalue weighted by Crippen LogP contribution is 2.32. The number of H-pyrrole nitrogens is 1. The number of nitrogens with one attached hydrogen (secondary N) is 1. The van der Waals surface area contributed by atoms with Gasteiger partial charge in [0.15, 0.2) is 0 Å². The number of hydrogen-bond donors (Lipinski definition) is 2. The summed E-state index contributed by atoms with van der Waals surface area (Å²) in [5.74, 6) is 0.932. The first-order valence-corrected chi connectivity index (χ1v) is 8.82. The minimum atomic E-state index is 0. The Morgan fingerprint density at radius 2 is 2.04 bits per heavy atom. The fraction of sp³-hybridized carbons (Fsp3) is 0.765. The van der Waals surface area contributed by atoms with Gasteiger partial charge in [-0.05, 0) is 45.6 Å². The van der Waals surface area contributed by atoms with Gasteiger partial charge < -0.3 is 10.6 Å². The first kappa shape index (κ1) is 22.2. The van der Waals surface area contributed by atoms with Crippen LogP contribution in [0.1, 0.15) is 42.6 Å². The second-order valence-corrected chi connectivity index (χ2v) is 7.03. The van der Waals surface area contributed by atoms with Gasteiger partial charge in [-0.3, -0.25) is 14.8 Å². The van der Waals surface area contributed by atoms with E-state index in [1.54, 1.807) is 0 Å². The summed E-state index contributed by atoms with van der Waals surface area (Å²) in [5, 5.41) is 7.38. The summed E-state index contributed by atoms with van der Waals surface area (Å²) in [4.78, 5) is 16.9. The molecule has 2 atom stereocenters. The van der Waals surface area contributed by atoms with Gasteiger partial charge >= 0.3 is 0 Å². The number of rotatable bonds is 5. The van der Waals surface area contributed by atoms with E-state index in [9.17, 15) is 4.79 Å². The van der Waals surface area contributed by atoms with E-state index in [-0.39, 0.29) is 24.8 Å². The molecule has 0 radical (unpaired) electrons. The second kappa shape index (κ2) is 9.76. The number of fused-ring (bicyclic) bond motifs is 1. The molecule has 0 unspecified atom stereocenters. The van der Waals surface area contributed by atoms with Crippen molar-refractivity contribution in [2.75, 3.05) is 26.2 Å². The Hall–Kier alpha value is -0.820. The van der Waals surface area contributed by atoms with Crippen molar-refractivity contribution in [2.24, 2.45) is 11.7 Å². The Morgan fingerprint density at radius 1 is 1.28 bits per heavy atom. The van der Waals surface area contributed by atoms with Crippen LogP contribution in [0.4, 0.5) is 0 Å². The van der Waals surface area contributed by atoms with Crippen LogP contribution in [0, 0.1) is 19.8 Å². The summed E-state index contributed by atoms with van der Waals surface area (Å²) in [6.45, 7) is 8.75. The molecular weight excluding hydrogens is 361 g/mol. The average molecular weight is 392 g/mol. The highest BCUT2D eigenvalue weighted by atomic mass is 35.5. The smallest absolute Gasteiger partial charge is 0.222 e. The highest BCUT2D eigenvalue weighted by molar-refractivity contribution is 5.85. The van der Waals surface area contributed by atoms with Crippen molar-refractivity contribution in [3.8, 4) is 0 Å². The quantitative estimate of drug-likeness (QED) is 0.804. The average Bonchev–Trinajstić information content (AvgIpc) is 2.86. The molecule has 25 heavy (non-hydrogen) atoms. The Morgan fingerprint density at radius 3 is 2.68 bits per heavy atom. The monoisotopic (exact) mass is 391 g/mol. The third-order valence-corrected chi connectivity index (χ3v) is 5.49. The number of aromatic amines is 1. The van der Waals surface area contributed by atoms with Crippen molar-refractivity contribution in [3.63, 3.8) is 0 Å².